The zero-order valence-electron chi connectivity index (χ0n) is 10.7. The molecule has 0 saturated carbocycles. The quantitative estimate of drug-likeness (QED) is 0.847. The Labute approximate surface area is 102 Å². The minimum absolute atomic E-state index is 0.135. The number of hydrogen-bond acceptors (Lipinski definition) is 5. The van der Waals surface area contributed by atoms with E-state index in [1.54, 1.807) is 6.33 Å². The molecule has 1 aliphatic rings. The molecule has 5 nitrogen and oxygen atoms in total. The number of likely N-dealkylation sites (N-methyl/N-ethyl adjacent to an activating group) is 1. The van der Waals surface area contributed by atoms with Crippen LogP contribution in [0.5, 0.6) is 5.88 Å². The van der Waals surface area contributed by atoms with Gasteiger partial charge in [0.2, 0.25) is 5.88 Å². The van der Waals surface area contributed by atoms with Crippen molar-refractivity contribution in [3.05, 3.63) is 12.4 Å². The summed E-state index contributed by atoms with van der Waals surface area (Å²) in [7, 11) is 2.07. The van der Waals surface area contributed by atoms with Crippen molar-refractivity contribution in [2.45, 2.75) is 32.4 Å². The monoisotopic (exact) mass is 236 g/mol. The summed E-state index contributed by atoms with van der Waals surface area (Å²) in [5.74, 6) is 1.56. The molecule has 0 radical (unpaired) electrons. The number of nitrogens with zero attached hydrogens (tertiary/aromatic N) is 3. The van der Waals surface area contributed by atoms with E-state index in [-0.39, 0.29) is 6.10 Å². The van der Waals surface area contributed by atoms with Gasteiger partial charge >= 0.3 is 0 Å². The molecule has 0 spiro atoms. The molecule has 17 heavy (non-hydrogen) atoms. The SMILES string of the molecule is CC(C)Oc1cc(N(C)C2CCNC2)ncn1. The number of aromatic nitrogens is 2. The van der Waals surface area contributed by atoms with Crippen molar-refractivity contribution in [3.63, 3.8) is 0 Å². The minimum atomic E-state index is 0.135. The molecule has 1 aromatic heterocycles. The fraction of sp³-hybridized carbons (Fsp3) is 0.667. The summed E-state index contributed by atoms with van der Waals surface area (Å²) in [6.07, 6.45) is 2.85. The van der Waals surface area contributed by atoms with Gasteiger partial charge in [-0.15, -0.1) is 0 Å². The first kappa shape index (κ1) is 12.1. The first-order valence-electron chi connectivity index (χ1n) is 6.09. The molecule has 2 rings (SSSR count). The van der Waals surface area contributed by atoms with E-state index in [2.05, 4.69) is 27.2 Å². The van der Waals surface area contributed by atoms with E-state index in [1.165, 1.54) is 0 Å². The van der Waals surface area contributed by atoms with Crippen molar-refractivity contribution >= 4 is 5.82 Å². The van der Waals surface area contributed by atoms with Crippen molar-refractivity contribution in [2.75, 3.05) is 25.0 Å². The lowest BCUT2D eigenvalue weighted by Gasteiger charge is -2.24. The van der Waals surface area contributed by atoms with Crippen LogP contribution in [0.3, 0.4) is 0 Å². The van der Waals surface area contributed by atoms with Crippen molar-refractivity contribution < 1.29 is 4.74 Å². The van der Waals surface area contributed by atoms with Gasteiger partial charge in [0.05, 0.1) is 6.10 Å². The lowest BCUT2D eigenvalue weighted by atomic mass is 10.2. The fourth-order valence-electron chi connectivity index (χ4n) is 1.99. The van der Waals surface area contributed by atoms with Gasteiger partial charge < -0.3 is 15.0 Å². The molecule has 1 aromatic rings. The van der Waals surface area contributed by atoms with Crippen LogP contribution in [0.2, 0.25) is 0 Å². The second-order valence-corrected chi connectivity index (χ2v) is 4.64. The maximum atomic E-state index is 5.57. The van der Waals surface area contributed by atoms with Gasteiger partial charge in [0, 0.05) is 25.7 Å². The van der Waals surface area contributed by atoms with E-state index in [4.69, 9.17) is 4.74 Å². The van der Waals surface area contributed by atoms with Crippen molar-refractivity contribution in [3.8, 4) is 5.88 Å². The summed E-state index contributed by atoms with van der Waals surface area (Å²) >= 11 is 0. The highest BCUT2D eigenvalue weighted by molar-refractivity contribution is 5.41. The Kier molecular flexibility index (Phi) is 3.78. The van der Waals surface area contributed by atoms with Crippen LogP contribution in [0.4, 0.5) is 5.82 Å². The fourth-order valence-corrected chi connectivity index (χ4v) is 1.99. The number of anilines is 1. The minimum Gasteiger partial charge on any atom is -0.475 e. The molecule has 0 aromatic carbocycles. The van der Waals surface area contributed by atoms with E-state index in [1.807, 2.05) is 19.9 Å². The van der Waals surface area contributed by atoms with Gasteiger partial charge in [-0.05, 0) is 26.8 Å². The van der Waals surface area contributed by atoms with Crippen molar-refractivity contribution in [1.82, 2.24) is 15.3 Å². The Morgan fingerprint density at radius 2 is 2.29 bits per heavy atom. The van der Waals surface area contributed by atoms with Crippen LogP contribution in [0.25, 0.3) is 0 Å². The number of rotatable bonds is 4. The van der Waals surface area contributed by atoms with Gasteiger partial charge in [-0.1, -0.05) is 0 Å². The summed E-state index contributed by atoms with van der Waals surface area (Å²) in [5, 5.41) is 3.35. The van der Waals surface area contributed by atoms with Crippen LogP contribution in [0.1, 0.15) is 20.3 Å². The van der Waals surface area contributed by atoms with Gasteiger partial charge in [0.25, 0.3) is 0 Å². The molecule has 2 heterocycles. The Hall–Kier alpha value is -1.36. The molecule has 0 aliphatic carbocycles. The lowest BCUT2D eigenvalue weighted by Crippen LogP contribution is -2.33. The third-order valence-corrected chi connectivity index (χ3v) is 2.93. The van der Waals surface area contributed by atoms with Crippen LogP contribution >= 0.6 is 0 Å². The Balaban J connectivity index is 2.09. The van der Waals surface area contributed by atoms with E-state index in [0.29, 0.717) is 11.9 Å². The molecule has 0 bridgehead atoms. The zero-order chi connectivity index (χ0) is 12.3. The van der Waals surface area contributed by atoms with Crippen LogP contribution in [0, 0.1) is 0 Å². The van der Waals surface area contributed by atoms with Gasteiger partial charge in [-0.3, -0.25) is 0 Å². The molecule has 1 saturated heterocycles. The van der Waals surface area contributed by atoms with Crippen LogP contribution < -0.4 is 15.0 Å². The topological polar surface area (TPSA) is 50.3 Å². The average molecular weight is 236 g/mol. The van der Waals surface area contributed by atoms with Crippen molar-refractivity contribution in [1.29, 1.82) is 0 Å². The van der Waals surface area contributed by atoms with Crippen LogP contribution in [-0.2, 0) is 0 Å². The third kappa shape index (κ3) is 3.06. The predicted octanol–water partition coefficient (Wildman–Crippen LogP) is 1.06. The van der Waals surface area contributed by atoms with Gasteiger partial charge in [0.15, 0.2) is 0 Å². The molecule has 0 amide bonds. The molecule has 5 heteroatoms. The predicted molar refractivity (Wildman–Crippen MR) is 67.5 cm³/mol. The average Bonchev–Trinajstić information content (AvgIpc) is 2.81. The highest BCUT2D eigenvalue weighted by Gasteiger charge is 2.20. The van der Waals surface area contributed by atoms with E-state index in [9.17, 15) is 0 Å². The molecule has 1 atom stereocenters. The molecule has 1 unspecified atom stereocenters. The van der Waals surface area contributed by atoms with Crippen molar-refractivity contribution in [2.24, 2.45) is 0 Å². The molecule has 94 valence electrons. The Morgan fingerprint density at radius 1 is 1.47 bits per heavy atom. The van der Waals surface area contributed by atoms with Gasteiger partial charge in [0.1, 0.15) is 12.1 Å². The summed E-state index contributed by atoms with van der Waals surface area (Å²) in [6.45, 7) is 6.08. The first-order chi connectivity index (χ1) is 8.16. The number of hydrogen-bond donors (Lipinski definition) is 1. The number of ether oxygens (including phenoxy) is 1. The summed E-state index contributed by atoms with van der Waals surface area (Å²) in [4.78, 5) is 10.6. The Bertz CT molecular complexity index is 363. The van der Waals surface area contributed by atoms with Crippen LogP contribution in [0.15, 0.2) is 12.4 Å². The maximum absolute atomic E-state index is 5.57. The third-order valence-electron chi connectivity index (χ3n) is 2.93. The second kappa shape index (κ2) is 5.31. The highest BCUT2D eigenvalue weighted by atomic mass is 16.5. The lowest BCUT2D eigenvalue weighted by molar-refractivity contribution is 0.232. The summed E-state index contributed by atoms with van der Waals surface area (Å²) in [5.41, 5.74) is 0. The van der Waals surface area contributed by atoms with Gasteiger partial charge in [-0.2, -0.15) is 0 Å². The summed E-state index contributed by atoms with van der Waals surface area (Å²) < 4.78 is 5.57. The zero-order valence-corrected chi connectivity index (χ0v) is 10.7. The Morgan fingerprint density at radius 3 is 2.94 bits per heavy atom. The first-order valence-corrected chi connectivity index (χ1v) is 6.09. The standard InChI is InChI=1S/C12H20N4O/c1-9(2)17-12-6-11(14-8-15-12)16(3)10-4-5-13-7-10/h6,8-10,13H,4-5,7H2,1-3H3. The molecule has 1 N–H and O–H groups in total. The molecular formula is C12H20N4O. The summed E-state index contributed by atoms with van der Waals surface area (Å²) in [6, 6.07) is 2.41. The van der Waals surface area contributed by atoms with E-state index in [0.717, 1.165) is 25.3 Å². The molecular weight excluding hydrogens is 216 g/mol. The largest absolute Gasteiger partial charge is 0.475 e. The highest BCUT2D eigenvalue weighted by Crippen LogP contribution is 2.19. The van der Waals surface area contributed by atoms with E-state index < -0.39 is 0 Å². The number of nitrogens with one attached hydrogen (secondary N) is 1. The smallest absolute Gasteiger partial charge is 0.218 e. The van der Waals surface area contributed by atoms with Gasteiger partial charge in [-0.25, -0.2) is 9.97 Å². The maximum Gasteiger partial charge on any atom is 0.218 e. The molecule has 1 aliphatic heterocycles. The van der Waals surface area contributed by atoms with Crippen LogP contribution in [-0.4, -0.2) is 42.3 Å². The van der Waals surface area contributed by atoms with E-state index >= 15 is 0 Å². The normalized spacial score (nSPS) is 19.6. The molecule has 1 fully saturated rings. The second-order valence-electron chi connectivity index (χ2n) is 4.64.